The van der Waals surface area contributed by atoms with Gasteiger partial charge in [0.1, 0.15) is 0 Å². The Morgan fingerprint density at radius 3 is 1.88 bits per heavy atom. The third-order valence-electron chi connectivity index (χ3n) is 5.68. The van der Waals surface area contributed by atoms with Crippen molar-refractivity contribution >= 4 is 22.8 Å². The first-order chi connectivity index (χ1) is 15.9. The molecule has 164 valence electrons. The van der Waals surface area contributed by atoms with E-state index in [0.717, 1.165) is 45.3 Å². The van der Waals surface area contributed by atoms with Crippen molar-refractivity contribution in [1.29, 1.82) is 0 Å². The molecule has 0 N–H and O–H groups in total. The van der Waals surface area contributed by atoms with Gasteiger partial charge in [-0.05, 0) is 69.5 Å². The molecule has 0 aliphatic heterocycles. The number of aliphatic imine (C=N–C) groups is 2. The van der Waals surface area contributed by atoms with Crippen LogP contribution >= 0.6 is 0 Å². The van der Waals surface area contributed by atoms with E-state index in [1.807, 2.05) is 68.4 Å². The smallest absolute Gasteiger partial charge is 0.0849 e. The fourth-order valence-corrected chi connectivity index (χ4v) is 4.08. The van der Waals surface area contributed by atoms with Crippen LogP contribution in [-0.4, -0.2) is 16.4 Å². The molecular weight excluding hydrogens is 402 g/mol. The molecule has 4 aromatic rings. The number of nitrogens with zero attached hydrogens (tertiary/aromatic N) is 3. The van der Waals surface area contributed by atoms with Gasteiger partial charge in [0.05, 0.1) is 34.2 Å². The molecule has 0 aliphatic rings. The largest absolute Gasteiger partial charge is 0.251 e. The number of aromatic nitrogens is 1. The summed E-state index contributed by atoms with van der Waals surface area (Å²) in [6.45, 7) is 10.4. The maximum absolute atomic E-state index is 4.94. The minimum absolute atomic E-state index is 0.849. The lowest BCUT2D eigenvalue weighted by Gasteiger charge is -2.10. The minimum Gasteiger partial charge on any atom is -0.251 e. The van der Waals surface area contributed by atoms with Crippen molar-refractivity contribution in [3.63, 3.8) is 0 Å². The van der Waals surface area contributed by atoms with E-state index in [1.165, 1.54) is 16.7 Å². The SMILES string of the molecule is CC(=Nc1ccccc1-c1ccccc1)c1cccc(C(C)=Nc2c(C)cc(C)cc2C)n1. The summed E-state index contributed by atoms with van der Waals surface area (Å²) >= 11 is 0. The predicted octanol–water partition coefficient (Wildman–Crippen LogP) is 7.96. The Bertz CT molecular complexity index is 1330. The van der Waals surface area contributed by atoms with Gasteiger partial charge in [-0.1, -0.05) is 72.3 Å². The summed E-state index contributed by atoms with van der Waals surface area (Å²) in [5, 5.41) is 0. The predicted molar refractivity (Wildman–Crippen MR) is 141 cm³/mol. The molecule has 3 heteroatoms. The van der Waals surface area contributed by atoms with E-state index in [1.54, 1.807) is 0 Å². The van der Waals surface area contributed by atoms with Crippen molar-refractivity contribution in [1.82, 2.24) is 4.98 Å². The van der Waals surface area contributed by atoms with Crippen molar-refractivity contribution < 1.29 is 0 Å². The van der Waals surface area contributed by atoms with Crippen molar-refractivity contribution in [3.8, 4) is 11.1 Å². The van der Waals surface area contributed by atoms with E-state index in [2.05, 4.69) is 51.1 Å². The highest BCUT2D eigenvalue weighted by Gasteiger charge is 2.09. The fraction of sp³-hybridized carbons (Fsp3) is 0.167. The van der Waals surface area contributed by atoms with Crippen LogP contribution in [0.25, 0.3) is 11.1 Å². The highest BCUT2D eigenvalue weighted by atomic mass is 14.8. The van der Waals surface area contributed by atoms with Gasteiger partial charge < -0.3 is 0 Å². The summed E-state index contributed by atoms with van der Waals surface area (Å²) in [5.41, 5.74) is 11.3. The molecule has 0 bridgehead atoms. The Labute approximate surface area is 196 Å². The molecule has 3 aromatic carbocycles. The molecule has 1 aromatic heterocycles. The molecule has 0 amide bonds. The Hall–Kier alpha value is -3.85. The van der Waals surface area contributed by atoms with E-state index in [9.17, 15) is 0 Å². The molecule has 3 nitrogen and oxygen atoms in total. The second kappa shape index (κ2) is 9.74. The van der Waals surface area contributed by atoms with Gasteiger partial charge in [-0.25, -0.2) is 4.98 Å². The Morgan fingerprint density at radius 2 is 1.21 bits per heavy atom. The number of rotatable bonds is 5. The summed E-state index contributed by atoms with van der Waals surface area (Å²) in [7, 11) is 0. The van der Waals surface area contributed by atoms with Crippen LogP contribution < -0.4 is 0 Å². The van der Waals surface area contributed by atoms with Crippen molar-refractivity contribution in [2.75, 3.05) is 0 Å². The van der Waals surface area contributed by atoms with Crippen molar-refractivity contribution in [2.45, 2.75) is 34.6 Å². The van der Waals surface area contributed by atoms with Crippen LogP contribution in [0.5, 0.6) is 0 Å². The van der Waals surface area contributed by atoms with Crippen LogP contribution in [0.3, 0.4) is 0 Å². The molecule has 33 heavy (non-hydrogen) atoms. The molecule has 0 fully saturated rings. The maximum Gasteiger partial charge on any atom is 0.0849 e. The Balaban J connectivity index is 1.69. The van der Waals surface area contributed by atoms with Gasteiger partial charge >= 0.3 is 0 Å². The van der Waals surface area contributed by atoms with Gasteiger partial charge in [-0.15, -0.1) is 0 Å². The summed E-state index contributed by atoms with van der Waals surface area (Å²) in [6, 6.07) is 28.9. The van der Waals surface area contributed by atoms with Gasteiger partial charge in [-0.3, -0.25) is 9.98 Å². The third kappa shape index (κ3) is 5.15. The second-order valence-electron chi connectivity index (χ2n) is 8.43. The Morgan fingerprint density at radius 1 is 0.636 bits per heavy atom. The van der Waals surface area contributed by atoms with Crippen LogP contribution in [0.15, 0.2) is 94.9 Å². The normalized spacial score (nSPS) is 12.2. The molecule has 1 heterocycles. The molecule has 0 radical (unpaired) electrons. The Kier molecular flexibility index (Phi) is 6.60. The molecule has 0 atom stereocenters. The summed E-state index contributed by atoms with van der Waals surface area (Å²) in [4.78, 5) is 14.7. The van der Waals surface area contributed by atoms with Gasteiger partial charge in [0.15, 0.2) is 0 Å². The average Bonchev–Trinajstić information content (AvgIpc) is 2.82. The zero-order chi connectivity index (χ0) is 23.4. The first-order valence-corrected chi connectivity index (χ1v) is 11.2. The lowest BCUT2D eigenvalue weighted by molar-refractivity contribution is 1.23. The molecule has 0 saturated heterocycles. The molecular formula is C30H29N3. The highest BCUT2D eigenvalue weighted by molar-refractivity contribution is 6.03. The summed E-state index contributed by atoms with van der Waals surface area (Å²) in [6.07, 6.45) is 0. The van der Waals surface area contributed by atoms with Gasteiger partial charge in [0, 0.05) is 5.56 Å². The van der Waals surface area contributed by atoms with Crippen LogP contribution in [0.1, 0.15) is 41.9 Å². The van der Waals surface area contributed by atoms with Crippen LogP contribution in [0.4, 0.5) is 11.4 Å². The monoisotopic (exact) mass is 431 g/mol. The zero-order valence-corrected chi connectivity index (χ0v) is 19.9. The van der Waals surface area contributed by atoms with Crippen molar-refractivity contribution in [3.05, 3.63) is 113 Å². The molecule has 0 unspecified atom stereocenters. The number of hydrogen-bond donors (Lipinski definition) is 0. The lowest BCUT2D eigenvalue weighted by Crippen LogP contribution is -2.05. The topological polar surface area (TPSA) is 37.6 Å². The van der Waals surface area contributed by atoms with E-state index in [0.29, 0.717) is 0 Å². The quantitative estimate of drug-likeness (QED) is 0.295. The average molecular weight is 432 g/mol. The first-order valence-electron chi connectivity index (χ1n) is 11.2. The van der Waals surface area contributed by atoms with E-state index in [4.69, 9.17) is 15.0 Å². The molecule has 0 spiro atoms. The lowest BCUT2D eigenvalue weighted by atomic mass is 10.0. The standard InChI is InChI=1S/C30H29N3/c1-20-18-21(2)30(22(3)19-20)32-24(5)28-17-11-16-27(33-28)23(4)31-29-15-10-9-14-26(29)25-12-7-6-8-13-25/h6-19H,1-5H3. The zero-order valence-electron chi connectivity index (χ0n) is 19.9. The second-order valence-corrected chi connectivity index (χ2v) is 8.43. The number of hydrogen-bond acceptors (Lipinski definition) is 3. The molecule has 0 aliphatic carbocycles. The van der Waals surface area contributed by atoms with Gasteiger partial charge in [0.2, 0.25) is 0 Å². The van der Waals surface area contributed by atoms with E-state index in [-0.39, 0.29) is 0 Å². The maximum atomic E-state index is 4.94. The van der Waals surface area contributed by atoms with E-state index < -0.39 is 0 Å². The van der Waals surface area contributed by atoms with Gasteiger partial charge in [-0.2, -0.15) is 0 Å². The van der Waals surface area contributed by atoms with Gasteiger partial charge in [0.25, 0.3) is 0 Å². The first kappa shape index (κ1) is 22.3. The minimum atomic E-state index is 0.849. The van der Waals surface area contributed by atoms with E-state index >= 15 is 0 Å². The van der Waals surface area contributed by atoms with Crippen LogP contribution in [0.2, 0.25) is 0 Å². The third-order valence-corrected chi connectivity index (χ3v) is 5.68. The summed E-state index contributed by atoms with van der Waals surface area (Å²) in [5.74, 6) is 0. The van der Waals surface area contributed by atoms with Crippen molar-refractivity contribution in [2.24, 2.45) is 9.98 Å². The molecule has 4 rings (SSSR count). The number of para-hydroxylation sites is 1. The molecule has 0 saturated carbocycles. The van der Waals surface area contributed by atoms with Crippen LogP contribution in [0, 0.1) is 20.8 Å². The van der Waals surface area contributed by atoms with Crippen LogP contribution in [-0.2, 0) is 0 Å². The summed E-state index contributed by atoms with van der Waals surface area (Å²) < 4.78 is 0. The highest BCUT2D eigenvalue weighted by Crippen LogP contribution is 2.30. The number of pyridine rings is 1. The number of benzene rings is 3. The number of aryl methyl sites for hydroxylation is 3. The fourth-order valence-electron chi connectivity index (χ4n) is 4.08.